The zero-order valence-electron chi connectivity index (χ0n) is 18.7. The predicted octanol–water partition coefficient (Wildman–Crippen LogP) is 0.419. The van der Waals surface area contributed by atoms with Crippen molar-refractivity contribution in [2.24, 2.45) is 5.92 Å². The largest absolute Gasteiger partial charge is 1.00 e. The maximum absolute atomic E-state index is 11.9. The third-order valence-corrected chi connectivity index (χ3v) is 5.13. The summed E-state index contributed by atoms with van der Waals surface area (Å²) < 4.78 is 38.2. The van der Waals surface area contributed by atoms with Gasteiger partial charge in [-0.2, -0.15) is 0 Å². The zero-order valence-corrected chi connectivity index (χ0v) is 21.5. The minimum Gasteiger partial charge on any atom is -0.746 e. The molecular formula is C22H30NNaO6S. The monoisotopic (exact) mass is 459 g/mol. The Balaban J connectivity index is 0. The molecule has 0 spiro atoms. The number of hydrogen-bond acceptors (Lipinski definition) is 6. The molecule has 0 saturated heterocycles. The molecule has 0 aliphatic carbocycles. The zero-order chi connectivity index (χ0) is 23.3. The van der Waals surface area contributed by atoms with Gasteiger partial charge >= 0.3 is 35.5 Å². The van der Waals surface area contributed by atoms with E-state index in [2.05, 4.69) is 25.1 Å². The number of esters is 1. The van der Waals surface area contributed by atoms with Crippen molar-refractivity contribution in [3.63, 3.8) is 0 Å². The van der Waals surface area contributed by atoms with Crippen LogP contribution in [-0.4, -0.2) is 36.8 Å². The van der Waals surface area contributed by atoms with Crippen LogP contribution in [0.15, 0.2) is 61.2 Å². The number of carbonyl (C=O) groups is 2. The van der Waals surface area contributed by atoms with Crippen LogP contribution in [0.25, 0.3) is 6.08 Å². The molecule has 0 radical (unpaired) electrons. The average Bonchev–Trinajstić information content (AvgIpc) is 2.70. The van der Waals surface area contributed by atoms with Gasteiger partial charge in [-0.1, -0.05) is 83.3 Å². The molecule has 7 nitrogen and oxygen atoms in total. The molecule has 1 N–H and O–H groups in total. The number of nitrogens with one attached hydrogen (secondary N) is 1. The summed E-state index contributed by atoms with van der Waals surface area (Å²) >= 11 is 0. The van der Waals surface area contributed by atoms with Gasteiger partial charge in [0, 0.05) is 5.57 Å². The Hall–Kier alpha value is -1.71. The maximum atomic E-state index is 11.9. The van der Waals surface area contributed by atoms with E-state index >= 15 is 0 Å². The van der Waals surface area contributed by atoms with Crippen molar-refractivity contribution in [3.8, 4) is 0 Å². The number of rotatable bonds is 10. The summed E-state index contributed by atoms with van der Waals surface area (Å²) in [5.41, 5.74) is 0.558. The van der Waals surface area contributed by atoms with Crippen LogP contribution in [0.1, 0.15) is 39.2 Å². The van der Waals surface area contributed by atoms with Crippen LogP contribution >= 0.6 is 0 Å². The topological polar surface area (TPSA) is 113 Å². The van der Waals surface area contributed by atoms with Gasteiger partial charge in [-0.3, -0.25) is 4.79 Å². The molecule has 31 heavy (non-hydrogen) atoms. The van der Waals surface area contributed by atoms with E-state index in [-0.39, 0.29) is 47.3 Å². The number of amides is 1. The fourth-order valence-electron chi connectivity index (χ4n) is 2.03. The molecule has 0 bridgehead atoms. The number of benzene rings is 1. The summed E-state index contributed by atoms with van der Waals surface area (Å²) in [4.78, 5) is 23.5. The first kappa shape index (κ1) is 31.5. The van der Waals surface area contributed by atoms with Gasteiger partial charge in [0.05, 0.1) is 12.2 Å². The van der Waals surface area contributed by atoms with Crippen LogP contribution in [0.5, 0.6) is 0 Å². The third-order valence-electron chi connectivity index (χ3n) is 3.84. The number of unbranched alkanes of at least 4 members (excludes halogenated alkanes) is 1. The second-order valence-electron chi connectivity index (χ2n) is 6.69. The van der Waals surface area contributed by atoms with Gasteiger partial charge in [0.25, 0.3) is 5.91 Å². The van der Waals surface area contributed by atoms with Gasteiger partial charge in [0.2, 0.25) is 0 Å². The molecule has 0 aromatic heterocycles. The van der Waals surface area contributed by atoms with Crippen LogP contribution < -0.4 is 34.9 Å². The third kappa shape index (κ3) is 12.7. The summed E-state index contributed by atoms with van der Waals surface area (Å²) in [5, 5.41) is 0.441. The summed E-state index contributed by atoms with van der Waals surface area (Å²) in [6.45, 7) is 15.5. The maximum Gasteiger partial charge on any atom is 1.00 e. The van der Waals surface area contributed by atoms with E-state index in [1.807, 2.05) is 43.3 Å². The molecule has 0 heterocycles. The Morgan fingerprint density at radius 2 is 1.71 bits per heavy atom. The molecule has 1 atom stereocenters. The Morgan fingerprint density at radius 3 is 2.10 bits per heavy atom. The Labute approximate surface area is 207 Å². The van der Waals surface area contributed by atoms with Gasteiger partial charge < -0.3 is 14.6 Å². The average molecular weight is 460 g/mol. The molecule has 1 aromatic rings. The van der Waals surface area contributed by atoms with E-state index in [4.69, 9.17) is 4.74 Å². The molecular weight excluding hydrogens is 429 g/mol. The Kier molecular flexibility index (Phi) is 16.2. The predicted molar refractivity (Wildman–Crippen MR) is 117 cm³/mol. The standard InChI is InChI=1S/C14H23NO6S.C8H8.Na/c1-6-7-8-21-14(17)11(5)10(4)12(16)15-13(9(2)3)22(18,19)20;1-2-8-6-4-3-5-7-8;/h9,13H,4-8H2,1-3H3,(H,15,16)(H,18,19,20);2-7H,1H2;/q;;+1/p-1. The van der Waals surface area contributed by atoms with Crippen molar-refractivity contribution in [1.29, 1.82) is 0 Å². The second-order valence-corrected chi connectivity index (χ2v) is 8.19. The van der Waals surface area contributed by atoms with E-state index in [0.717, 1.165) is 6.42 Å². The van der Waals surface area contributed by atoms with Crippen molar-refractivity contribution in [3.05, 3.63) is 66.8 Å². The van der Waals surface area contributed by atoms with Gasteiger partial charge in [-0.05, 0) is 17.9 Å². The van der Waals surface area contributed by atoms with E-state index in [1.165, 1.54) is 19.4 Å². The first-order valence-electron chi connectivity index (χ1n) is 9.44. The number of ether oxygens (including phenoxy) is 1. The van der Waals surface area contributed by atoms with E-state index in [0.29, 0.717) is 6.42 Å². The van der Waals surface area contributed by atoms with E-state index < -0.39 is 33.3 Å². The van der Waals surface area contributed by atoms with Crippen LogP contribution in [0, 0.1) is 5.92 Å². The van der Waals surface area contributed by atoms with Crippen molar-refractivity contribution in [2.75, 3.05) is 6.61 Å². The van der Waals surface area contributed by atoms with E-state index in [9.17, 15) is 22.6 Å². The molecule has 1 rings (SSSR count). The minimum absolute atomic E-state index is 0. The Bertz CT molecular complexity index is 850. The molecule has 0 fully saturated rings. The SMILES string of the molecule is C=C(C(=C)C(=O)OCCCC)C(=O)NC(C(C)C)S(=O)(=O)[O-].C=Cc1ccccc1.[Na+]. The van der Waals surface area contributed by atoms with Crippen molar-refractivity contribution in [2.45, 2.75) is 39.0 Å². The smallest absolute Gasteiger partial charge is 0.746 e. The fourth-order valence-corrected chi connectivity index (χ4v) is 2.95. The molecule has 166 valence electrons. The van der Waals surface area contributed by atoms with Crippen molar-refractivity contribution < 1.29 is 56.9 Å². The fraction of sp³-hybridized carbons (Fsp3) is 0.364. The second kappa shape index (κ2) is 16.0. The van der Waals surface area contributed by atoms with Crippen LogP contribution in [-0.2, 0) is 24.4 Å². The summed E-state index contributed by atoms with van der Waals surface area (Å²) in [6.07, 6.45) is 3.33. The van der Waals surface area contributed by atoms with Gasteiger partial charge in [0.1, 0.15) is 15.5 Å². The first-order valence-corrected chi connectivity index (χ1v) is 10.9. The summed E-state index contributed by atoms with van der Waals surface area (Å²) in [6, 6.07) is 10.0. The first-order chi connectivity index (χ1) is 13.9. The summed E-state index contributed by atoms with van der Waals surface area (Å²) in [7, 11) is -4.73. The van der Waals surface area contributed by atoms with Crippen molar-refractivity contribution >= 4 is 28.1 Å². The quantitative estimate of drug-likeness (QED) is 0.136. The number of hydrogen-bond donors (Lipinski definition) is 1. The summed E-state index contributed by atoms with van der Waals surface area (Å²) in [5.74, 6) is -2.39. The van der Waals surface area contributed by atoms with Gasteiger partial charge in [-0.25, -0.2) is 13.2 Å². The van der Waals surface area contributed by atoms with Gasteiger partial charge in [-0.15, -0.1) is 0 Å². The Morgan fingerprint density at radius 1 is 1.16 bits per heavy atom. The molecule has 0 aliphatic rings. The molecule has 9 heteroatoms. The molecule has 0 saturated carbocycles. The molecule has 1 amide bonds. The molecule has 0 aliphatic heterocycles. The van der Waals surface area contributed by atoms with Crippen LogP contribution in [0.4, 0.5) is 0 Å². The molecule has 1 aromatic carbocycles. The van der Waals surface area contributed by atoms with Crippen LogP contribution in [0.2, 0.25) is 0 Å². The van der Waals surface area contributed by atoms with Gasteiger partial charge in [0.15, 0.2) is 0 Å². The normalized spacial score (nSPS) is 11.1. The van der Waals surface area contributed by atoms with E-state index in [1.54, 1.807) is 0 Å². The van der Waals surface area contributed by atoms with Crippen LogP contribution in [0.3, 0.4) is 0 Å². The minimum atomic E-state index is -4.73. The number of carbonyl (C=O) groups excluding carboxylic acids is 2. The van der Waals surface area contributed by atoms with Crippen molar-refractivity contribution in [1.82, 2.24) is 5.32 Å². The molecule has 1 unspecified atom stereocenters.